The first kappa shape index (κ1) is 39.1. The number of aliphatic carboxylic acids is 1. The van der Waals surface area contributed by atoms with Crippen molar-refractivity contribution in [3.05, 3.63) is 0 Å². The van der Waals surface area contributed by atoms with E-state index in [0.717, 1.165) is 0 Å². The number of alkyl halides is 3. The Hall–Kier alpha value is -0.186. The van der Waals surface area contributed by atoms with E-state index >= 15 is 0 Å². The Bertz CT molecular complexity index is 200. The predicted molar refractivity (Wildman–Crippen MR) is 74.2 cm³/mol. The number of carbonyl (C=O) groups is 1. The van der Waals surface area contributed by atoms with E-state index < -0.39 is 36.6 Å². The van der Waals surface area contributed by atoms with Gasteiger partial charge in [0.05, 0.1) is 0 Å². The summed E-state index contributed by atoms with van der Waals surface area (Å²) in [4.78, 5) is 8.90. The first-order chi connectivity index (χ1) is 9.87. The van der Waals surface area contributed by atoms with Crippen molar-refractivity contribution in [3.8, 4) is 0 Å². The second-order valence-corrected chi connectivity index (χ2v) is 5.00. The molecule has 0 aliphatic carbocycles. The fourth-order valence-electron chi connectivity index (χ4n) is 0. The maximum absolute atomic E-state index is 10.6. The maximum Gasteiger partial charge on any atom is 4.00 e. The first-order valence-corrected chi connectivity index (χ1v) is 6.81. The van der Waals surface area contributed by atoms with Crippen molar-refractivity contribution in [2.75, 3.05) is 0 Å². The van der Waals surface area contributed by atoms with E-state index in [1.807, 2.05) is 0 Å². The molecule has 0 aliphatic heterocycles. The summed E-state index contributed by atoms with van der Waals surface area (Å²) in [7, 11) is 0. The van der Waals surface area contributed by atoms with Gasteiger partial charge in [0.1, 0.15) is 0 Å². The van der Waals surface area contributed by atoms with Gasteiger partial charge < -0.3 is 25.5 Å². The normalized spacial score (nSPS) is 9.29. The minimum Gasteiger partial charge on any atom is -0.852 e. The second-order valence-electron chi connectivity index (χ2n) is 5.00. The molecule has 24 heavy (non-hydrogen) atoms. The van der Waals surface area contributed by atoms with Gasteiger partial charge in [-0.25, -0.2) is 4.79 Å². The zero-order valence-corrected chi connectivity index (χ0v) is 17.0. The molecule has 0 aromatic carbocycles. The number of rotatable bonds is 0. The predicted octanol–water partition coefficient (Wildman–Crippen LogP) is -0.349. The van der Waals surface area contributed by atoms with Crippen molar-refractivity contribution in [3.63, 3.8) is 0 Å². The minimum atomic E-state index is -5.08. The van der Waals surface area contributed by atoms with Crippen molar-refractivity contribution in [2.45, 2.75) is 86.0 Å². The van der Waals surface area contributed by atoms with Gasteiger partial charge in [0.2, 0.25) is 0 Å². The Labute approximate surface area is 157 Å². The van der Waals surface area contributed by atoms with Gasteiger partial charge in [-0.05, 0) is 0 Å². The fraction of sp³-hybridized carbons (Fsp3) is 0.929. The van der Waals surface area contributed by atoms with Gasteiger partial charge in [0.25, 0.3) is 0 Å². The molecule has 0 aromatic heterocycles. The molecule has 0 fully saturated rings. The van der Waals surface area contributed by atoms with Crippen LogP contribution in [0.25, 0.3) is 0 Å². The zero-order chi connectivity index (χ0) is 20.4. The molecule has 1 N–H and O–H groups in total. The summed E-state index contributed by atoms with van der Waals surface area (Å²) in [6, 6.07) is 0. The SMILES string of the molecule is CC(C)[O-].CC(C)[O-].CC(C)[O-].CC(C)[O-].O=C(O)C(F)(F)F.[Ti+4]. The minimum absolute atomic E-state index is 0. The van der Waals surface area contributed by atoms with Crippen LogP contribution in [0.15, 0.2) is 0 Å². The van der Waals surface area contributed by atoms with Gasteiger partial charge in [-0.3, -0.25) is 0 Å². The molecule has 146 valence electrons. The summed E-state index contributed by atoms with van der Waals surface area (Å²) in [6.45, 7) is 12.9. The number of carboxylic acid groups (broad SMARTS) is 1. The molecule has 0 amide bonds. The van der Waals surface area contributed by atoms with Crippen LogP contribution < -0.4 is 20.4 Å². The van der Waals surface area contributed by atoms with Gasteiger partial charge in [0, 0.05) is 0 Å². The van der Waals surface area contributed by atoms with E-state index in [-0.39, 0.29) is 21.7 Å². The topological polar surface area (TPSA) is 130 Å². The van der Waals surface area contributed by atoms with E-state index in [2.05, 4.69) is 0 Å². The summed E-state index contributed by atoms with van der Waals surface area (Å²) in [5.74, 6) is -2.76. The van der Waals surface area contributed by atoms with E-state index in [9.17, 15) is 33.6 Å². The van der Waals surface area contributed by atoms with Crippen molar-refractivity contribution < 1.29 is 65.2 Å². The molecule has 0 radical (unpaired) electrons. The number of hydrogen-bond acceptors (Lipinski definition) is 5. The second kappa shape index (κ2) is 25.1. The third kappa shape index (κ3) is 280. The summed E-state index contributed by atoms with van der Waals surface area (Å²) < 4.78 is 31.7. The van der Waals surface area contributed by atoms with Gasteiger partial charge in [-0.2, -0.15) is 13.2 Å². The number of carboxylic acids is 1. The van der Waals surface area contributed by atoms with Crippen molar-refractivity contribution >= 4 is 5.97 Å². The molecule has 0 rings (SSSR count). The fourth-order valence-corrected chi connectivity index (χ4v) is 0. The molecular weight excluding hydrogens is 369 g/mol. The van der Waals surface area contributed by atoms with Crippen LogP contribution in [0.5, 0.6) is 0 Å². The standard InChI is InChI=1S/4C3H7O.C2HF3O2.Ti/c4*1-3(2)4;3-2(4,5)1(6)7;/h4*3H,1-2H3;(H,6,7);/q4*-1;;+4. The van der Waals surface area contributed by atoms with Crippen LogP contribution in [-0.2, 0) is 26.5 Å². The molecule has 0 aromatic rings. The summed E-state index contributed by atoms with van der Waals surface area (Å²) in [5.41, 5.74) is 0. The van der Waals surface area contributed by atoms with Gasteiger partial charge in [0.15, 0.2) is 0 Å². The molecule has 0 saturated heterocycles. The Balaban J connectivity index is -0.0000000429. The third-order valence-corrected chi connectivity index (χ3v) is 0.243. The molecule has 10 heteroatoms. The summed E-state index contributed by atoms with van der Waals surface area (Å²) >= 11 is 0. The van der Waals surface area contributed by atoms with Crippen LogP contribution >= 0.6 is 0 Å². The molecule has 0 saturated carbocycles. The molecular formula is C14H29F3O6Ti. The van der Waals surface area contributed by atoms with Crippen LogP contribution in [0.1, 0.15) is 55.4 Å². The van der Waals surface area contributed by atoms with Gasteiger partial charge in [-0.1, -0.05) is 55.4 Å². The summed E-state index contributed by atoms with van der Waals surface area (Å²) in [5, 5.41) is 45.2. The van der Waals surface area contributed by atoms with Crippen molar-refractivity contribution in [2.24, 2.45) is 0 Å². The average molecular weight is 398 g/mol. The van der Waals surface area contributed by atoms with Crippen LogP contribution in [0.2, 0.25) is 0 Å². The third-order valence-electron chi connectivity index (χ3n) is 0.243. The monoisotopic (exact) mass is 398 g/mol. The van der Waals surface area contributed by atoms with E-state index in [4.69, 9.17) is 9.90 Å². The van der Waals surface area contributed by atoms with E-state index in [1.54, 1.807) is 55.4 Å². The van der Waals surface area contributed by atoms with Crippen molar-refractivity contribution in [1.29, 1.82) is 0 Å². The molecule has 0 atom stereocenters. The number of halogens is 3. The van der Waals surface area contributed by atoms with Crippen molar-refractivity contribution in [1.82, 2.24) is 0 Å². The first-order valence-electron chi connectivity index (χ1n) is 6.81. The molecule has 0 spiro atoms. The molecule has 6 nitrogen and oxygen atoms in total. The summed E-state index contributed by atoms with van der Waals surface area (Å²) in [6.07, 6.45) is -6.75. The van der Waals surface area contributed by atoms with Crippen LogP contribution in [0.3, 0.4) is 0 Å². The number of hydrogen-bond donors (Lipinski definition) is 1. The van der Waals surface area contributed by atoms with Crippen LogP contribution in [0, 0.1) is 0 Å². The largest absolute Gasteiger partial charge is 4.00 e. The molecule has 0 unspecified atom stereocenters. The quantitative estimate of drug-likeness (QED) is 0.556. The Morgan fingerprint density at radius 3 is 0.750 bits per heavy atom. The van der Waals surface area contributed by atoms with E-state index in [1.165, 1.54) is 0 Å². The Morgan fingerprint density at radius 2 is 0.750 bits per heavy atom. The smallest absolute Gasteiger partial charge is 0.852 e. The average Bonchev–Trinajstić information content (AvgIpc) is 2.10. The van der Waals surface area contributed by atoms with Gasteiger partial charge in [-0.15, -0.1) is 24.4 Å². The van der Waals surface area contributed by atoms with Gasteiger partial charge >= 0.3 is 33.9 Å². The molecule has 0 bridgehead atoms. The van der Waals surface area contributed by atoms with Crippen LogP contribution in [-0.4, -0.2) is 41.7 Å². The molecule has 0 heterocycles. The maximum atomic E-state index is 10.6. The van der Waals surface area contributed by atoms with E-state index in [0.29, 0.717) is 0 Å². The van der Waals surface area contributed by atoms with Crippen LogP contribution in [0.4, 0.5) is 13.2 Å². The molecule has 0 aliphatic rings. The zero-order valence-electron chi connectivity index (χ0n) is 15.4. The Morgan fingerprint density at radius 1 is 0.708 bits per heavy atom. The Kier molecular flexibility index (Phi) is 40.8.